The lowest BCUT2D eigenvalue weighted by Gasteiger charge is -2.35. The second-order valence-corrected chi connectivity index (χ2v) is 5.80. The number of allylic oxidation sites excluding steroid dienone is 1. The minimum Gasteiger partial charge on any atom is -0.490 e. The highest BCUT2D eigenvalue weighted by Gasteiger charge is 2.37. The summed E-state index contributed by atoms with van der Waals surface area (Å²) in [6, 6.07) is 0.661. The van der Waals surface area contributed by atoms with E-state index >= 15 is 0 Å². The van der Waals surface area contributed by atoms with Crippen LogP contribution < -0.4 is 5.32 Å². The molecule has 3 aliphatic rings. The summed E-state index contributed by atoms with van der Waals surface area (Å²) < 4.78 is 5.56. The normalized spacial score (nSPS) is 29.9. The Morgan fingerprint density at radius 3 is 2.84 bits per heavy atom. The summed E-state index contributed by atoms with van der Waals surface area (Å²) in [6.07, 6.45) is 8.51. The molecule has 0 amide bonds. The molecular weight excluding hydrogens is 240 g/mol. The second kappa shape index (κ2) is 6.06. The number of carbonyl (C=O) groups is 1. The first kappa shape index (κ1) is 13.1. The van der Waals surface area contributed by atoms with E-state index in [1.54, 1.807) is 0 Å². The zero-order valence-electron chi connectivity index (χ0n) is 11.6. The highest BCUT2D eigenvalue weighted by atomic mass is 16.5. The fraction of sp³-hybridized carbons (Fsp3) is 0.800. The average Bonchev–Trinajstić information content (AvgIpc) is 2.98. The molecule has 4 heteroatoms. The van der Waals surface area contributed by atoms with Gasteiger partial charge in [-0.2, -0.15) is 0 Å². The van der Waals surface area contributed by atoms with E-state index in [2.05, 4.69) is 10.2 Å². The van der Waals surface area contributed by atoms with Gasteiger partial charge in [0.05, 0.1) is 12.6 Å². The van der Waals surface area contributed by atoms with Crippen LogP contribution in [0.25, 0.3) is 0 Å². The van der Waals surface area contributed by atoms with E-state index in [1.807, 2.05) is 6.08 Å². The summed E-state index contributed by atoms with van der Waals surface area (Å²) in [5, 5.41) is 3.40. The first-order valence-corrected chi connectivity index (χ1v) is 7.70. The van der Waals surface area contributed by atoms with Gasteiger partial charge in [0, 0.05) is 6.04 Å². The van der Waals surface area contributed by atoms with Gasteiger partial charge in [0.15, 0.2) is 5.76 Å². The van der Waals surface area contributed by atoms with Crippen molar-refractivity contribution in [2.45, 2.75) is 50.6 Å². The van der Waals surface area contributed by atoms with Gasteiger partial charge in [-0.15, -0.1) is 0 Å². The van der Waals surface area contributed by atoms with Gasteiger partial charge >= 0.3 is 0 Å². The van der Waals surface area contributed by atoms with Crippen molar-refractivity contribution in [3.63, 3.8) is 0 Å². The molecule has 0 bridgehead atoms. The van der Waals surface area contributed by atoms with Crippen LogP contribution in [0.15, 0.2) is 11.8 Å². The number of nitrogens with zero attached hydrogens (tertiary/aromatic N) is 1. The van der Waals surface area contributed by atoms with Crippen LogP contribution in [-0.2, 0) is 9.53 Å². The molecule has 2 saturated heterocycles. The van der Waals surface area contributed by atoms with Crippen LogP contribution in [0, 0.1) is 0 Å². The largest absolute Gasteiger partial charge is 0.490 e. The summed E-state index contributed by atoms with van der Waals surface area (Å²) in [5.41, 5.74) is 0. The molecule has 19 heavy (non-hydrogen) atoms. The predicted molar refractivity (Wildman–Crippen MR) is 73.9 cm³/mol. The Kier molecular flexibility index (Phi) is 4.18. The lowest BCUT2D eigenvalue weighted by Crippen LogP contribution is -2.48. The van der Waals surface area contributed by atoms with Crippen molar-refractivity contribution in [2.24, 2.45) is 0 Å². The van der Waals surface area contributed by atoms with Crippen LogP contribution in [0.2, 0.25) is 0 Å². The highest BCUT2D eigenvalue weighted by Crippen LogP contribution is 2.27. The Morgan fingerprint density at radius 2 is 2.11 bits per heavy atom. The van der Waals surface area contributed by atoms with E-state index in [0.717, 1.165) is 45.3 Å². The highest BCUT2D eigenvalue weighted by molar-refractivity contribution is 5.98. The number of likely N-dealkylation sites (tertiary alicyclic amines) is 1. The Morgan fingerprint density at radius 1 is 1.26 bits per heavy atom. The SMILES string of the molecule is O=C(C1=CCCCO1)C1CCCN1C1CCNCC1. The van der Waals surface area contributed by atoms with E-state index in [1.165, 1.54) is 12.8 Å². The third-order valence-electron chi connectivity index (χ3n) is 4.55. The molecule has 3 rings (SSSR count). The van der Waals surface area contributed by atoms with Crippen LogP contribution in [0.1, 0.15) is 38.5 Å². The molecule has 1 N–H and O–H groups in total. The summed E-state index contributed by atoms with van der Waals surface area (Å²) in [7, 11) is 0. The summed E-state index contributed by atoms with van der Waals surface area (Å²) in [6.45, 7) is 3.95. The van der Waals surface area contributed by atoms with Crippen molar-refractivity contribution in [1.29, 1.82) is 0 Å². The molecule has 1 unspecified atom stereocenters. The molecule has 3 aliphatic heterocycles. The first-order chi connectivity index (χ1) is 9.36. The first-order valence-electron chi connectivity index (χ1n) is 7.70. The van der Waals surface area contributed by atoms with E-state index < -0.39 is 0 Å². The zero-order chi connectivity index (χ0) is 13.1. The predicted octanol–water partition coefficient (Wildman–Crippen LogP) is 1.47. The number of hydrogen-bond donors (Lipinski definition) is 1. The molecule has 1 atom stereocenters. The Hall–Kier alpha value is -0.870. The van der Waals surface area contributed by atoms with Crippen LogP contribution >= 0.6 is 0 Å². The molecule has 0 aromatic heterocycles. The van der Waals surface area contributed by atoms with Gasteiger partial charge in [-0.05, 0) is 64.2 Å². The third-order valence-corrected chi connectivity index (χ3v) is 4.55. The molecule has 0 spiro atoms. The molecule has 4 nitrogen and oxygen atoms in total. The quantitative estimate of drug-likeness (QED) is 0.838. The molecule has 0 saturated carbocycles. The van der Waals surface area contributed by atoms with E-state index in [-0.39, 0.29) is 11.8 Å². The molecule has 106 valence electrons. The van der Waals surface area contributed by atoms with Crippen LogP contribution in [0.3, 0.4) is 0 Å². The number of ether oxygens (including phenoxy) is 1. The average molecular weight is 264 g/mol. The van der Waals surface area contributed by atoms with Gasteiger partial charge in [-0.1, -0.05) is 0 Å². The van der Waals surface area contributed by atoms with Gasteiger partial charge in [0.2, 0.25) is 5.78 Å². The number of rotatable bonds is 3. The molecular formula is C15H24N2O2. The van der Waals surface area contributed by atoms with E-state index in [9.17, 15) is 4.79 Å². The number of hydrogen-bond acceptors (Lipinski definition) is 4. The van der Waals surface area contributed by atoms with Gasteiger partial charge < -0.3 is 10.1 Å². The third kappa shape index (κ3) is 2.84. The van der Waals surface area contributed by atoms with Crippen LogP contribution in [0.5, 0.6) is 0 Å². The number of piperidine rings is 1. The van der Waals surface area contributed by atoms with Crippen molar-refractivity contribution < 1.29 is 9.53 Å². The topological polar surface area (TPSA) is 41.6 Å². The molecule has 0 aromatic carbocycles. The lowest BCUT2D eigenvalue weighted by atomic mass is 10.0. The van der Waals surface area contributed by atoms with Gasteiger partial charge in [-0.25, -0.2) is 0 Å². The Balaban J connectivity index is 1.68. The summed E-state index contributed by atoms with van der Waals surface area (Å²) in [5.74, 6) is 0.868. The number of Topliss-reactive ketones (excluding diaryl/α,β-unsaturated/α-hetero) is 1. The van der Waals surface area contributed by atoms with E-state index in [0.29, 0.717) is 18.4 Å². The maximum atomic E-state index is 12.6. The minimum atomic E-state index is 0.0763. The maximum Gasteiger partial charge on any atom is 0.214 e. The van der Waals surface area contributed by atoms with Gasteiger partial charge in [0.1, 0.15) is 0 Å². The standard InChI is InChI=1S/C15H24N2O2/c18-15(14-5-1-2-11-19-14)13-4-3-10-17(13)12-6-8-16-9-7-12/h5,12-13,16H,1-4,6-11H2. The minimum absolute atomic E-state index is 0.0763. The van der Waals surface area contributed by atoms with Crippen LogP contribution in [-0.4, -0.2) is 49.0 Å². The maximum absolute atomic E-state index is 12.6. The monoisotopic (exact) mass is 264 g/mol. The fourth-order valence-corrected chi connectivity index (χ4v) is 3.54. The number of carbonyl (C=O) groups excluding carboxylic acids is 1. The van der Waals surface area contributed by atoms with E-state index in [4.69, 9.17) is 4.74 Å². The van der Waals surface area contributed by atoms with Crippen molar-refractivity contribution >= 4 is 5.78 Å². The van der Waals surface area contributed by atoms with Crippen molar-refractivity contribution in [3.8, 4) is 0 Å². The summed E-state index contributed by atoms with van der Waals surface area (Å²) in [4.78, 5) is 15.0. The smallest absolute Gasteiger partial charge is 0.214 e. The number of ketones is 1. The Bertz CT molecular complexity index is 361. The molecule has 0 aliphatic carbocycles. The van der Waals surface area contributed by atoms with Gasteiger partial charge in [0.25, 0.3) is 0 Å². The van der Waals surface area contributed by atoms with Crippen molar-refractivity contribution in [3.05, 3.63) is 11.8 Å². The molecule has 2 fully saturated rings. The van der Waals surface area contributed by atoms with Crippen molar-refractivity contribution in [1.82, 2.24) is 10.2 Å². The van der Waals surface area contributed by atoms with Gasteiger partial charge in [-0.3, -0.25) is 9.69 Å². The fourth-order valence-electron chi connectivity index (χ4n) is 3.54. The van der Waals surface area contributed by atoms with Crippen molar-refractivity contribution in [2.75, 3.05) is 26.2 Å². The second-order valence-electron chi connectivity index (χ2n) is 5.80. The molecule has 0 radical (unpaired) electrons. The molecule has 3 heterocycles. The summed E-state index contributed by atoms with van der Waals surface area (Å²) >= 11 is 0. The Labute approximate surface area is 115 Å². The van der Waals surface area contributed by atoms with Crippen LogP contribution in [0.4, 0.5) is 0 Å². The number of nitrogens with one attached hydrogen (secondary N) is 1. The molecule has 0 aromatic rings. The zero-order valence-corrected chi connectivity index (χ0v) is 11.6. The lowest BCUT2D eigenvalue weighted by molar-refractivity contribution is -0.124.